The number of aliphatic hydroxyl groups excluding tert-OH is 1. The van der Waals surface area contributed by atoms with Gasteiger partial charge in [-0.1, -0.05) is 40.2 Å². The molecule has 96 valence electrons. The Labute approximate surface area is 120 Å². The van der Waals surface area contributed by atoms with Gasteiger partial charge in [0.2, 0.25) is 0 Å². The third kappa shape index (κ3) is 2.44. The van der Waals surface area contributed by atoms with Gasteiger partial charge >= 0.3 is 0 Å². The monoisotopic (exact) mass is 315 g/mol. The molecule has 0 bridgehead atoms. The number of nitrogens with zero attached hydrogens (tertiary/aromatic N) is 1. The number of rotatable bonds is 3. The lowest BCUT2D eigenvalue weighted by Gasteiger charge is -2.07. The van der Waals surface area contributed by atoms with Gasteiger partial charge in [0.1, 0.15) is 0 Å². The molecule has 19 heavy (non-hydrogen) atoms. The van der Waals surface area contributed by atoms with Crippen molar-refractivity contribution < 1.29 is 5.11 Å². The highest BCUT2D eigenvalue weighted by Crippen LogP contribution is 2.22. The van der Waals surface area contributed by atoms with Gasteiger partial charge in [-0.3, -0.25) is 0 Å². The second-order valence-electron chi connectivity index (χ2n) is 4.58. The van der Waals surface area contributed by atoms with Gasteiger partial charge in [0.05, 0.1) is 6.61 Å². The molecule has 0 atom stereocenters. The van der Waals surface area contributed by atoms with Crippen LogP contribution in [0.25, 0.3) is 10.9 Å². The molecule has 1 aromatic heterocycles. The van der Waals surface area contributed by atoms with Gasteiger partial charge in [-0.05, 0) is 35.4 Å². The maximum atomic E-state index is 9.36. The van der Waals surface area contributed by atoms with Gasteiger partial charge in [0.15, 0.2) is 0 Å². The second kappa shape index (κ2) is 5.19. The second-order valence-corrected chi connectivity index (χ2v) is 5.50. The Bertz CT molecular complexity index is 718. The fourth-order valence-corrected chi connectivity index (χ4v) is 2.84. The Balaban J connectivity index is 2.02. The van der Waals surface area contributed by atoms with Crippen LogP contribution in [0.1, 0.15) is 11.1 Å². The molecule has 0 aliphatic carbocycles. The van der Waals surface area contributed by atoms with Gasteiger partial charge in [-0.25, -0.2) is 0 Å². The average molecular weight is 316 g/mol. The Morgan fingerprint density at radius 2 is 1.89 bits per heavy atom. The van der Waals surface area contributed by atoms with Crippen LogP contribution in [0.3, 0.4) is 0 Å². The van der Waals surface area contributed by atoms with E-state index >= 15 is 0 Å². The molecule has 0 saturated heterocycles. The van der Waals surface area contributed by atoms with Crippen molar-refractivity contribution in [1.82, 2.24) is 4.57 Å². The minimum absolute atomic E-state index is 0.0816. The molecule has 3 rings (SSSR count). The number of halogens is 1. The summed E-state index contributed by atoms with van der Waals surface area (Å²) in [4.78, 5) is 0. The van der Waals surface area contributed by atoms with E-state index in [0.29, 0.717) is 0 Å². The standard InChI is InChI=1S/C16H14BrNO/c17-14-5-1-3-12(9-14)10-18-8-7-15-13(11-19)4-2-6-16(15)18/h1-9,19H,10-11H2. The van der Waals surface area contributed by atoms with Gasteiger partial charge in [0, 0.05) is 28.1 Å². The van der Waals surface area contributed by atoms with Crippen molar-refractivity contribution >= 4 is 26.8 Å². The molecular weight excluding hydrogens is 302 g/mol. The quantitative estimate of drug-likeness (QED) is 0.778. The number of aromatic nitrogens is 1. The fourth-order valence-electron chi connectivity index (χ4n) is 2.39. The highest BCUT2D eigenvalue weighted by atomic mass is 79.9. The molecule has 3 heteroatoms. The van der Waals surface area contributed by atoms with Crippen LogP contribution in [0.5, 0.6) is 0 Å². The molecule has 2 aromatic carbocycles. The average Bonchev–Trinajstić information content (AvgIpc) is 2.82. The molecule has 2 nitrogen and oxygen atoms in total. The van der Waals surface area contributed by atoms with E-state index in [9.17, 15) is 5.11 Å². The zero-order chi connectivity index (χ0) is 13.2. The molecule has 0 unspecified atom stereocenters. The van der Waals surface area contributed by atoms with E-state index in [0.717, 1.165) is 27.5 Å². The molecule has 0 spiro atoms. The molecule has 0 aliphatic rings. The summed E-state index contributed by atoms with van der Waals surface area (Å²) in [5, 5.41) is 10.5. The first-order valence-corrected chi connectivity index (χ1v) is 6.99. The van der Waals surface area contributed by atoms with E-state index in [-0.39, 0.29) is 6.61 Å². The van der Waals surface area contributed by atoms with Gasteiger partial charge < -0.3 is 9.67 Å². The van der Waals surface area contributed by atoms with Crippen LogP contribution >= 0.6 is 15.9 Å². The topological polar surface area (TPSA) is 25.2 Å². The van der Waals surface area contributed by atoms with Crippen LogP contribution in [-0.2, 0) is 13.2 Å². The first-order chi connectivity index (χ1) is 9.28. The van der Waals surface area contributed by atoms with E-state index in [2.05, 4.69) is 51.0 Å². The molecule has 3 aromatic rings. The summed E-state index contributed by atoms with van der Waals surface area (Å²) in [6, 6.07) is 16.4. The molecule has 0 saturated carbocycles. The summed E-state index contributed by atoms with van der Waals surface area (Å²) in [5.41, 5.74) is 3.39. The summed E-state index contributed by atoms with van der Waals surface area (Å²) >= 11 is 3.50. The third-order valence-corrected chi connectivity index (χ3v) is 3.81. The zero-order valence-corrected chi connectivity index (χ0v) is 12.0. The van der Waals surface area contributed by atoms with Crippen LogP contribution in [0.4, 0.5) is 0 Å². The minimum atomic E-state index is 0.0816. The minimum Gasteiger partial charge on any atom is -0.392 e. The van der Waals surface area contributed by atoms with Crippen LogP contribution in [0.15, 0.2) is 59.2 Å². The lowest BCUT2D eigenvalue weighted by molar-refractivity contribution is 0.283. The van der Waals surface area contributed by atoms with Gasteiger partial charge in [-0.2, -0.15) is 0 Å². The Morgan fingerprint density at radius 1 is 1.05 bits per heavy atom. The lowest BCUT2D eigenvalue weighted by Crippen LogP contribution is -1.98. The maximum Gasteiger partial charge on any atom is 0.0688 e. The SMILES string of the molecule is OCc1cccc2c1ccn2Cc1cccc(Br)c1. The number of hydrogen-bond donors (Lipinski definition) is 1. The van der Waals surface area contributed by atoms with Crippen LogP contribution < -0.4 is 0 Å². The molecule has 0 aliphatic heterocycles. The molecular formula is C16H14BrNO. The summed E-state index contributed by atoms with van der Waals surface area (Å²) in [6.45, 7) is 0.913. The first kappa shape index (κ1) is 12.5. The normalized spacial score (nSPS) is 11.1. The predicted molar refractivity (Wildman–Crippen MR) is 81.1 cm³/mol. The zero-order valence-electron chi connectivity index (χ0n) is 10.4. The van der Waals surface area contributed by atoms with E-state index < -0.39 is 0 Å². The fraction of sp³-hybridized carbons (Fsp3) is 0.125. The number of benzene rings is 2. The van der Waals surface area contributed by atoms with E-state index in [1.807, 2.05) is 24.3 Å². The van der Waals surface area contributed by atoms with Crippen molar-refractivity contribution in [3.63, 3.8) is 0 Å². The molecule has 1 heterocycles. The first-order valence-electron chi connectivity index (χ1n) is 6.20. The van der Waals surface area contributed by atoms with Crippen molar-refractivity contribution in [3.8, 4) is 0 Å². The summed E-state index contributed by atoms with van der Waals surface area (Å²) < 4.78 is 3.30. The smallest absolute Gasteiger partial charge is 0.0688 e. The van der Waals surface area contributed by atoms with Crippen molar-refractivity contribution in [2.24, 2.45) is 0 Å². The molecule has 0 radical (unpaired) electrons. The van der Waals surface area contributed by atoms with Crippen molar-refractivity contribution in [3.05, 3.63) is 70.3 Å². The Morgan fingerprint density at radius 3 is 2.68 bits per heavy atom. The van der Waals surface area contributed by atoms with E-state index in [4.69, 9.17) is 0 Å². The van der Waals surface area contributed by atoms with Crippen molar-refractivity contribution in [2.45, 2.75) is 13.2 Å². The van der Waals surface area contributed by atoms with Crippen LogP contribution in [-0.4, -0.2) is 9.67 Å². The van der Waals surface area contributed by atoms with Crippen LogP contribution in [0.2, 0.25) is 0 Å². The third-order valence-electron chi connectivity index (χ3n) is 3.32. The Hall–Kier alpha value is -1.58. The van der Waals surface area contributed by atoms with Crippen LogP contribution in [0, 0.1) is 0 Å². The van der Waals surface area contributed by atoms with Crippen molar-refractivity contribution in [2.75, 3.05) is 0 Å². The highest BCUT2D eigenvalue weighted by Gasteiger charge is 2.05. The van der Waals surface area contributed by atoms with E-state index in [1.54, 1.807) is 0 Å². The van der Waals surface area contributed by atoms with E-state index in [1.165, 1.54) is 5.56 Å². The number of aliphatic hydroxyl groups is 1. The summed E-state index contributed by atoms with van der Waals surface area (Å²) in [7, 11) is 0. The van der Waals surface area contributed by atoms with Gasteiger partial charge in [-0.15, -0.1) is 0 Å². The maximum absolute atomic E-state index is 9.36. The summed E-state index contributed by atoms with van der Waals surface area (Å²) in [6.07, 6.45) is 2.07. The highest BCUT2D eigenvalue weighted by molar-refractivity contribution is 9.10. The largest absolute Gasteiger partial charge is 0.392 e. The lowest BCUT2D eigenvalue weighted by atomic mass is 10.1. The molecule has 0 fully saturated rings. The number of fused-ring (bicyclic) bond motifs is 1. The van der Waals surface area contributed by atoms with Crippen molar-refractivity contribution in [1.29, 1.82) is 0 Å². The molecule has 0 amide bonds. The summed E-state index contributed by atoms with van der Waals surface area (Å²) in [5.74, 6) is 0. The molecule has 1 N–H and O–H groups in total. The number of hydrogen-bond acceptors (Lipinski definition) is 1. The Kier molecular flexibility index (Phi) is 3.40. The predicted octanol–water partition coefficient (Wildman–Crippen LogP) is 3.94. The van der Waals surface area contributed by atoms with Gasteiger partial charge in [0.25, 0.3) is 0 Å².